The molecular weight excluding hydrogens is 1250 g/mol. The molecule has 96 heavy (non-hydrogen) atoms. The van der Waals surface area contributed by atoms with Crippen LogP contribution in [0.3, 0.4) is 0 Å². The van der Waals surface area contributed by atoms with E-state index < -0.39 is 114 Å². The summed E-state index contributed by atoms with van der Waals surface area (Å²) in [5, 5.41) is 27.3. The molecule has 4 rings (SSSR count). The van der Waals surface area contributed by atoms with Gasteiger partial charge in [-0.2, -0.15) is 11.8 Å². The number of ether oxygens (including phenoxy) is 3. The van der Waals surface area contributed by atoms with Crippen LogP contribution in [0.25, 0.3) is 0 Å². The molecular formula is C69H109N11O15S. The average molecular weight is 1360 g/mol. The van der Waals surface area contributed by atoms with Gasteiger partial charge in [-0.25, -0.2) is 9.59 Å². The molecule has 0 spiro atoms. The molecule has 2 heterocycles. The van der Waals surface area contributed by atoms with Crippen molar-refractivity contribution in [3.05, 3.63) is 65.7 Å². The summed E-state index contributed by atoms with van der Waals surface area (Å²) in [4.78, 5) is 154. The van der Waals surface area contributed by atoms with E-state index in [4.69, 9.17) is 19.9 Å². The first kappa shape index (κ1) is 81.1. The highest BCUT2D eigenvalue weighted by atomic mass is 32.2. The number of aliphatic hydroxyl groups is 1. The van der Waals surface area contributed by atoms with Gasteiger partial charge >= 0.3 is 12.1 Å². The number of likely N-dealkylation sites (N-methyl/N-ethyl adjacent to an activating group) is 2. The number of anilines is 1. The molecule has 2 fully saturated rings. The van der Waals surface area contributed by atoms with Crippen molar-refractivity contribution in [3.8, 4) is 0 Å². The summed E-state index contributed by atoms with van der Waals surface area (Å²) in [6.07, 6.45) is 2.56. The molecule has 0 aliphatic carbocycles. The molecule has 2 aromatic carbocycles. The van der Waals surface area contributed by atoms with Gasteiger partial charge in [0.2, 0.25) is 53.2 Å². The van der Waals surface area contributed by atoms with Crippen LogP contribution in [-0.4, -0.2) is 204 Å². The van der Waals surface area contributed by atoms with Gasteiger partial charge in [0, 0.05) is 66.5 Å². The van der Waals surface area contributed by atoms with Crippen molar-refractivity contribution in [2.75, 3.05) is 59.5 Å². The number of urea groups is 1. The zero-order valence-electron chi connectivity index (χ0n) is 59.0. The summed E-state index contributed by atoms with van der Waals surface area (Å²) in [6.45, 7) is 18.7. The van der Waals surface area contributed by atoms with Crippen LogP contribution in [0.15, 0.2) is 54.6 Å². The van der Waals surface area contributed by atoms with Crippen LogP contribution in [0, 0.1) is 29.6 Å². The minimum atomic E-state index is -1.11. The molecule has 2 aliphatic rings. The lowest BCUT2D eigenvalue weighted by Gasteiger charge is -2.41. The van der Waals surface area contributed by atoms with Crippen molar-refractivity contribution in [1.29, 1.82) is 0 Å². The number of rotatable bonds is 39. The Hall–Kier alpha value is -7.36. The van der Waals surface area contributed by atoms with Crippen molar-refractivity contribution in [1.82, 2.24) is 46.2 Å². The highest BCUT2D eigenvalue weighted by Gasteiger charge is 2.44. The van der Waals surface area contributed by atoms with Crippen LogP contribution in [0.1, 0.15) is 157 Å². The van der Waals surface area contributed by atoms with Crippen LogP contribution in [-0.2, 0) is 64.0 Å². The van der Waals surface area contributed by atoms with Gasteiger partial charge in [0.05, 0.1) is 54.0 Å². The van der Waals surface area contributed by atoms with Crippen molar-refractivity contribution < 1.29 is 72.1 Å². The second-order valence-electron chi connectivity index (χ2n) is 26.4. The van der Waals surface area contributed by atoms with Crippen LogP contribution >= 0.6 is 11.8 Å². The molecule has 13 atom stereocenters. The summed E-state index contributed by atoms with van der Waals surface area (Å²) in [5.74, 6) is -5.64. The molecule has 12 amide bonds. The van der Waals surface area contributed by atoms with Gasteiger partial charge in [0.1, 0.15) is 30.8 Å². The van der Waals surface area contributed by atoms with Crippen LogP contribution in [0.5, 0.6) is 0 Å². The van der Waals surface area contributed by atoms with Gasteiger partial charge in [-0.3, -0.25) is 53.0 Å². The first-order valence-electron chi connectivity index (χ1n) is 33.7. The Labute approximate surface area is 571 Å². The zero-order chi connectivity index (χ0) is 71.7. The minimum absolute atomic E-state index is 0.0862. The van der Waals surface area contributed by atoms with Crippen molar-refractivity contribution in [2.45, 2.75) is 212 Å². The lowest BCUT2D eigenvalue weighted by molar-refractivity contribution is -0.148. The van der Waals surface area contributed by atoms with Crippen molar-refractivity contribution in [3.63, 3.8) is 0 Å². The number of primary amides is 1. The third kappa shape index (κ3) is 23.4. The number of carbonyl (C=O) groups is 11. The maximum atomic E-state index is 14.8. The fourth-order valence-corrected chi connectivity index (χ4v) is 13.1. The van der Waals surface area contributed by atoms with Gasteiger partial charge in [-0.15, -0.1) is 0 Å². The topological polar surface area (TPSA) is 347 Å². The Bertz CT molecular complexity index is 2910. The Morgan fingerprint density at radius 1 is 0.750 bits per heavy atom. The van der Waals surface area contributed by atoms with E-state index >= 15 is 0 Å². The van der Waals surface area contributed by atoms with Gasteiger partial charge in [0.25, 0.3) is 0 Å². The second-order valence-corrected chi connectivity index (χ2v) is 27.5. The van der Waals surface area contributed by atoms with Crippen LogP contribution in [0.4, 0.5) is 15.3 Å². The number of likely N-dealkylation sites (tertiary alicyclic amines) is 2. The number of imide groups is 1. The predicted molar refractivity (Wildman–Crippen MR) is 366 cm³/mol. The zero-order valence-corrected chi connectivity index (χ0v) is 59.8. The smallest absolute Gasteiger partial charge is 0.410 e. The van der Waals surface area contributed by atoms with E-state index in [-0.39, 0.29) is 98.4 Å². The highest BCUT2D eigenvalue weighted by Crippen LogP contribution is 2.31. The monoisotopic (exact) mass is 1360 g/mol. The van der Waals surface area contributed by atoms with Crippen molar-refractivity contribution in [2.24, 2.45) is 35.3 Å². The van der Waals surface area contributed by atoms with E-state index in [9.17, 15) is 57.8 Å². The van der Waals surface area contributed by atoms with E-state index in [2.05, 4.69) is 31.9 Å². The maximum absolute atomic E-state index is 14.8. The van der Waals surface area contributed by atoms with E-state index in [1.807, 2.05) is 32.0 Å². The van der Waals surface area contributed by atoms with Crippen molar-refractivity contribution >= 4 is 82.7 Å². The number of carbonyl (C=O) groups excluding carboxylic acids is 11. The van der Waals surface area contributed by atoms with Crippen LogP contribution in [0.2, 0.25) is 0 Å². The Morgan fingerprint density at radius 2 is 1.41 bits per heavy atom. The molecule has 536 valence electrons. The molecule has 2 aliphatic heterocycles. The number of nitrogens with zero attached hydrogens (tertiary/aromatic N) is 4. The standard InChI is InChI=1S/C69H109N11O15S/c1-16-43(8)59(51(93-13)37-54(82)79-36-24-28-50(79)61(94-14)44(9)62(85)72-45(10)60(84)47-25-19-17-20-26-47)77(11)67(90)57(41(4)5)76-65(88)58(42(6)7)78(12)69(92)95-39-46-30-32-48(33-31-46)73-63(86)49(27-23-34-71-68(70)91)74-64(87)56(40(2)3)75-53(81)29-21-18-22-35-80-55(83)38-52(96-15)66(80)89/h17,19-20,25-26,30-33,40-45,49-52,56-61,84H,16,18,21-24,27-29,34-39H2,1-15H3,(H,72,85)(H,73,86)(H,74,87)(H,75,81)(H,76,88)(H3,70,71,91)/t43-,44+,45+,49?,50-,51+,52?,56-,57-,58-,59-,60+,61?/m0/s1. The molecule has 0 radical (unpaired) electrons. The van der Waals surface area contributed by atoms with E-state index in [1.54, 1.807) is 115 Å². The minimum Gasteiger partial charge on any atom is -0.445 e. The quantitative estimate of drug-likeness (QED) is 0.0296. The van der Waals surface area contributed by atoms with Gasteiger partial charge in [0.15, 0.2) is 0 Å². The molecule has 9 N–H and O–H groups in total. The Kier molecular flexibility index (Phi) is 33.6. The third-order valence-corrected chi connectivity index (χ3v) is 19.2. The first-order valence-corrected chi connectivity index (χ1v) is 35.0. The molecule has 2 aromatic rings. The maximum Gasteiger partial charge on any atom is 0.410 e. The SMILES string of the molecule is CC[C@H](C)[C@@H]([C@@H](CC(=O)N1CCC[C@H]1C(OC)[C@@H](C)C(=O)N[C@H](C)[C@@H](O)c1ccccc1)OC)N(C)C(=O)[C@@H](NC(=O)[C@H](C(C)C)N(C)C(=O)OCc1ccc(NC(=O)C(CCCNC(N)=O)NC(=O)[C@@H](NC(=O)CCCCCN2C(=O)CC(SC)C2=O)C(C)C)cc1)C(C)C. The largest absolute Gasteiger partial charge is 0.445 e. The number of amides is 12. The van der Waals surface area contributed by atoms with E-state index in [1.165, 1.54) is 42.8 Å². The summed E-state index contributed by atoms with van der Waals surface area (Å²) >= 11 is 1.35. The number of methoxy groups -OCH3 is 2. The number of hydrogen-bond donors (Lipinski definition) is 8. The summed E-state index contributed by atoms with van der Waals surface area (Å²) in [7, 11) is 6.08. The number of unbranched alkanes of at least 4 members (excludes halogenated alkanes) is 2. The normalized spacial score (nSPS) is 18.2. The molecule has 27 heteroatoms. The summed E-state index contributed by atoms with van der Waals surface area (Å²) in [5.41, 5.74) is 6.79. The van der Waals surface area contributed by atoms with E-state index in [0.717, 1.165) is 0 Å². The second kappa shape index (κ2) is 39.8. The molecule has 0 bridgehead atoms. The average Bonchev–Trinajstić information content (AvgIpc) is 1.42. The van der Waals surface area contributed by atoms with Crippen LogP contribution < -0.4 is 37.6 Å². The molecule has 26 nitrogen and oxygen atoms in total. The van der Waals surface area contributed by atoms with Gasteiger partial charge in [-0.05, 0) is 98.6 Å². The number of nitrogens with one attached hydrogen (secondary N) is 6. The predicted octanol–water partition coefficient (Wildman–Crippen LogP) is 5.64. The van der Waals surface area contributed by atoms with E-state index in [0.29, 0.717) is 61.9 Å². The number of hydrogen-bond acceptors (Lipinski definition) is 16. The Morgan fingerprint density at radius 3 is 1.98 bits per heavy atom. The fraction of sp³-hybridized carbons (Fsp3) is 0.667. The Balaban J connectivity index is 1.37. The summed E-state index contributed by atoms with van der Waals surface area (Å²) in [6, 6.07) is 8.76. The highest BCUT2D eigenvalue weighted by molar-refractivity contribution is 8.00. The fourth-order valence-electron chi connectivity index (χ4n) is 12.5. The van der Waals surface area contributed by atoms with Gasteiger partial charge in [-0.1, -0.05) is 118 Å². The summed E-state index contributed by atoms with van der Waals surface area (Å²) < 4.78 is 17.8. The lowest BCUT2D eigenvalue weighted by atomic mass is 9.89. The molecule has 0 aromatic heterocycles. The number of aliphatic hydroxyl groups excluding tert-OH is 1. The van der Waals surface area contributed by atoms with Gasteiger partial charge < -0.3 is 66.8 Å². The number of benzene rings is 2. The lowest BCUT2D eigenvalue weighted by Crippen LogP contribution is -2.60. The molecule has 0 saturated carbocycles. The number of thioether (sulfide) groups is 1. The first-order chi connectivity index (χ1) is 45.4. The number of nitrogens with two attached hydrogens (primary N) is 1. The molecule has 2 saturated heterocycles. The third-order valence-electron chi connectivity index (χ3n) is 18.3. The molecule has 3 unspecified atom stereocenters.